The molecule has 0 fully saturated rings. The Hall–Kier alpha value is -1.40. The van der Waals surface area contributed by atoms with Gasteiger partial charge in [0, 0.05) is 18.4 Å². The number of nitrogens with one attached hydrogen (secondary N) is 1. The van der Waals surface area contributed by atoms with Gasteiger partial charge in [-0.3, -0.25) is 0 Å². The maximum atomic E-state index is 11.5. The first-order valence-corrected chi connectivity index (χ1v) is 9.36. The summed E-state index contributed by atoms with van der Waals surface area (Å²) in [6, 6.07) is 6.90. The lowest BCUT2D eigenvalue weighted by Gasteiger charge is -2.05. The van der Waals surface area contributed by atoms with Gasteiger partial charge in [0.25, 0.3) is 0 Å². The molecule has 0 amide bonds. The van der Waals surface area contributed by atoms with Gasteiger partial charge in [-0.25, -0.2) is 21.6 Å². The average Bonchev–Trinajstić information content (AvgIpc) is 2.32. The Morgan fingerprint density at radius 3 is 2.25 bits per heavy atom. The monoisotopic (exact) mass is 316 g/mol. The fourth-order valence-electron chi connectivity index (χ4n) is 1.38. The normalized spacial score (nSPS) is 11.7. The quantitative estimate of drug-likeness (QED) is 0.707. The number of sulfonamides is 1. The Morgan fingerprint density at radius 2 is 1.75 bits per heavy atom. The summed E-state index contributed by atoms with van der Waals surface area (Å²) in [6.45, 7) is 0.301. The molecule has 0 aliphatic heterocycles. The van der Waals surface area contributed by atoms with E-state index in [-0.39, 0.29) is 13.1 Å². The molecular weight excluding hydrogens is 300 g/mol. The maximum Gasteiger partial charge on any atom is 0.226 e. The lowest BCUT2D eigenvalue weighted by atomic mass is 10.1. The van der Waals surface area contributed by atoms with Crippen LogP contribution in [0.3, 0.4) is 0 Å². The molecule has 110 valence electrons. The summed E-state index contributed by atoms with van der Waals surface area (Å²) in [5.41, 5.74) is 6.74. The third-order valence-corrected chi connectivity index (χ3v) is 5.69. The molecule has 1 aromatic rings. The maximum absolute atomic E-state index is 11.5. The average molecular weight is 316 g/mol. The molecule has 0 atom stereocenters. The van der Waals surface area contributed by atoms with E-state index in [4.69, 9.17) is 5.73 Å². The van der Waals surface area contributed by atoms with E-state index in [1.807, 2.05) is 0 Å². The number of benzene rings is 1. The number of nitrogens with two attached hydrogens (primary N) is 1. The molecule has 0 spiro atoms. The predicted molar refractivity (Wildman–Crippen MR) is 77.8 cm³/mol. The molecule has 0 aliphatic carbocycles. The van der Waals surface area contributed by atoms with Gasteiger partial charge in [-0.05, 0) is 17.7 Å². The van der Waals surface area contributed by atoms with Gasteiger partial charge in [-0.1, -0.05) is 24.0 Å². The van der Waals surface area contributed by atoms with Gasteiger partial charge >= 0.3 is 0 Å². The molecule has 0 aliphatic rings. The Balaban J connectivity index is 2.67. The first-order valence-electron chi connectivity index (χ1n) is 5.65. The summed E-state index contributed by atoms with van der Waals surface area (Å²) in [6.07, 6.45) is 0.872. The van der Waals surface area contributed by atoms with Crippen molar-refractivity contribution in [3.8, 4) is 11.8 Å². The van der Waals surface area contributed by atoms with E-state index in [9.17, 15) is 16.8 Å². The first kappa shape index (κ1) is 16.7. The summed E-state index contributed by atoms with van der Waals surface area (Å²) in [4.78, 5) is 0. The lowest BCUT2D eigenvalue weighted by Crippen LogP contribution is -2.29. The molecule has 0 bridgehead atoms. The molecule has 0 unspecified atom stereocenters. The van der Waals surface area contributed by atoms with Crippen LogP contribution in [0.2, 0.25) is 0 Å². The second-order valence-corrected chi connectivity index (χ2v) is 8.49. The van der Waals surface area contributed by atoms with Crippen LogP contribution in [0.5, 0.6) is 0 Å². The minimum Gasteiger partial charge on any atom is -0.320 e. The van der Waals surface area contributed by atoms with E-state index in [1.165, 1.54) is 0 Å². The summed E-state index contributed by atoms with van der Waals surface area (Å²) >= 11 is 0. The zero-order valence-electron chi connectivity index (χ0n) is 11.0. The van der Waals surface area contributed by atoms with Crippen LogP contribution in [0.4, 0.5) is 0 Å². The van der Waals surface area contributed by atoms with Crippen LogP contribution in [0, 0.1) is 11.8 Å². The molecule has 0 heterocycles. The molecule has 0 radical (unpaired) electrons. The smallest absolute Gasteiger partial charge is 0.226 e. The van der Waals surface area contributed by atoms with Crippen LogP contribution in [-0.4, -0.2) is 34.7 Å². The molecule has 6 nitrogen and oxygen atoms in total. The molecule has 8 heteroatoms. The molecule has 3 N–H and O–H groups in total. The van der Waals surface area contributed by atoms with Crippen LogP contribution in [-0.2, 0) is 26.4 Å². The van der Waals surface area contributed by atoms with Crippen molar-refractivity contribution in [3.05, 3.63) is 35.4 Å². The largest absolute Gasteiger partial charge is 0.320 e. The summed E-state index contributed by atoms with van der Waals surface area (Å²) < 4.78 is 47.2. The molecule has 20 heavy (non-hydrogen) atoms. The van der Waals surface area contributed by atoms with E-state index in [1.54, 1.807) is 24.3 Å². The highest BCUT2D eigenvalue weighted by Crippen LogP contribution is 2.04. The van der Waals surface area contributed by atoms with Crippen molar-refractivity contribution in [1.29, 1.82) is 0 Å². The third kappa shape index (κ3) is 6.68. The topological polar surface area (TPSA) is 106 Å². The number of sulfone groups is 1. The van der Waals surface area contributed by atoms with Gasteiger partial charge < -0.3 is 5.73 Å². The molecule has 0 saturated carbocycles. The highest BCUT2D eigenvalue weighted by molar-refractivity contribution is 8.06. The zero-order chi connectivity index (χ0) is 15.2. The summed E-state index contributed by atoms with van der Waals surface area (Å²) in [7, 11) is -7.43. The van der Waals surface area contributed by atoms with Gasteiger partial charge in [0.2, 0.25) is 10.0 Å². The highest BCUT2D eigenvalue weighted by Gasteiger charge is 2.17. The minimum absolute atomic E-state index is 0.0302. The Bertz CT molecular complexity index is 711. The SMILES string of the molecule is CS(=O)(=O)CS(=O)(=O)NCc1ccc(C#CCN)cc1. The lowest BCUT2D eigenvalue weighted by molar-refractivity contribution is 0.580. The Kier molecular flexibility index (Phi) is 5.71. The van der Waals surface area contributed by atoms with E-state index in [0.717, 1.165) is 11.8 Å². The van der Waals surface area contributed by atoms with Crippen LogP contribution in [0.15, 0.2) is 24.3 Å². The van der Waals surface area contributed by atoms with Crippen molar-refractivity contribution >= 4 is 19.9 Å². The van der Waals surface area contributed by atoms with Gasteiger partial charge in [-0.2, -0.15) is 0 Å². The van der Waals surface area contributed by atoms with Crippen LogP contribution in [0.25, 0.3) is 0 Å². The van der Waals surface area contributed by atoms with Crippen molar-refractivity contribution in [2.75, 3.05) is 17.9 Å². The Morgan fingerprint density at radius 1 is 1.15 bits per heavy atom. The van der Waals surface area contributed by atoms with Gasteiger partial charge in [0.15, 0.2) is 14.9 Å². The van der Waals surface area contributed by atoms with Crippen molar-refractivity contribution in [3.63, 3.8) is 0 Å². The fraction of sp³-hybridized carbons (Fsp3) is 0.333. The van der Waals surface area contributed by atoms with Crippen molar-refractivity contribution < 1.29 is 16.8 Å². The molecule has 1 aromatic carbocycles. The van der Waals surface area contributed by atoms with E-state index in [0.29, 0.717) is 5.56 Å². The highest BCUT2D eigenvalue weighted by atomic mass is 32.3. The van der Waals surface area contributed by atoms with Gasteiger partial charge in [0.1, 0.15) is 0 Å². The van der Waals surface area contributed by atoms with E-state index >= 15 is 0 Å². The number of hydrogen-bond acceptors (Lipinski definition) is 5. The second-order valence-electron chi connectivity index (χ2n) is 4.18. The van der Waals surface area contributed by atoms with Crippen LogP contribution in [0.1, 0.15) is 11.1 Å². The summed E-state index contributed by atoms with van der Waals surface area (Å²) in [5.74, 6) is 5.55. The predicted octanol–water partition coefficient (Wildman–Crippen LogP) is -0.582. The Labute approximate surface area is 119 Å². The van der Waals surface area contributed by atoms with E-state index < -0.39 is 24.9 Å². The third-order valence-electron chi connectivity index (χ3n) is 2.15. The van der Waals surface area contributed by atoms with Crippen molar-refractivity contribution in [2.45, 2.75) is 6.54 Å². The molecule has 0 aromatic heterocycles. The number of hydrogen-bond donors (Lipinski definition) is 2. The van der Waals surface area contributed by atoms with Crippen molar-refractivity contribution in [1.82, 2.24) is 4.72 Å². The molecule has 0 saturated heterocycles. The van der Waals surface area contributed by atoms with Crippen LogP contribution < -0.4 is 10.5 Å². The van der Waals surface area contributed by atoms with Crippen molar-refractivity contribution in [2.24, 2.45) is 5.73 Å². The molecular formula is C12H16N2O4S2. The van der Waals surface area contributed by atoms with Crippen LogP contribution >= 0.6 is 0 Å². The van der Waals surface area contributed by atoms with Gasteiger partial charge in [-0.15, -0.1) is 0 Å². The zero-order valence-corrected chi connectivity index (χ0v) is 12.6. The van der Waals surface area contributed by atoms with Gasteiger partial charge in [0.05, 0.1) is 6.54 Å². The standard InChI is InChI=1S/C12H16N2O4S2/c1-19(15,16)10-20(17,18)14-9-12-6-4-11(5-7-12)3-2-8-13/h4-7,14H,8-10,13H2,1H3. The fourth-order valence-corrected chi connectivity index (χ4v) is 4.35. The minimum atomic E-state index is -3.84. The number of rotatable bonds is 5. The van der Waals surface area contributed by atoms with E-state index in [2.05, 4.69) is 16.6 Å². The first-order chi connectivity index (χ1) is 9.22. The molecule has 1 rings (SSSR count). The second kappa shape index (κ2) is 6.85. The summed E-state index contributed by atoms with van der Waals surface area (Å²) in [5, 5.41) is -0.917.